The van der Waals surface area contributed by atoms with Crippen LogP contribution in [0.1, 0.15) is 12.5 Å². The van der Waals surface area contributed by atoms with Crippen molar-refractivity contribution in [2.24, 2.45) is 0 Å². The van der Waals surface area contributed by atoms with E-state index in [-0.39, 0.29) is 0 Å². The molecule has 0 aliphatic heterocycles. The van der Waals surface area contributed by atoms with Crippen molar-refractivity contribution in [2.75, 3.05) is 0 Å². The number of alkyl halides is 1. The molecule has 0 bridgehead atoms. The number of carboxylic acid groups (broad SMARTS) is 1. The molecule has 1 unspecified atom stereocenters. The molecule has 0 aliphatic rings. The van der Waals surface area contributed by atoms with E-state index in [1.54, 1.807) is 19.1 Å². The molecule has 4 heteroatoms. The van der Waals surface area contributed by atoms with Crippen molar-refractivity contribution < 1.29 is 9.90 Å². The fourth-order valence-electron chi connectivity index (χ4n) is 0.886. The Bertz CT molecular complexity index is 317. The zero-order valence-corrected chi connectivity index (χ0v) is 10.1. The minimum atomic E-state index is -1.01. The summed E-state index contributed by atoms with van der Waals surface area (Å²) in [6, 6.07) is 7.18. The van der Waals surface area contributed by atoms with E-state index in [1.807, 2.05) is 12.1 Å². The Morgan fingerprint density at radius 2 is 1.85 bits per heavy atom. The van der Waals surface area contributed by atoms with Gasteiger partial charge >= 0.3 is 5.97 Å². The first kappa shape index (κ1) is 10.7. The van der Waals surface area contributed by atoms with Crippen LogP contribution in [0.5, 0.6) is 0 Å². The van der Waals surface area contributed by atoms with Gasteiger partial charge in [0, 0.05) is 4.47 Å². The third-order valence-corrected chi connectivity index (χ3v) is 3.11. The van der Waals surface area contributed by atoms with E-state index in [2.05, 4.69) is 31.9 Å². The van der Waals surface area contributed by atoms with Gasteiger partial charge in [0.25, 0.3) is 0 Å². The summed E-state index contributed by atoms with van der Waals surface area (Å²) in [7, 11) is 0. The summed E-state index contributed by atoms with van der Waals surface area (Å²) in [5.41, 5.74) is 0.725. The van der Waals surface area contributed by atoms with Gasteiger partial charge in [0.1, 0.15) is 4.32 Å². The molecule has 1 aromatic rings. The monoisotopic (exact) mass is 306 g/mol. The average Bonchev–Trinajstić information content (AvgIpc) is 2.04. The topological polar surface area (TPSA) is 37.3 Å². The van der Waals surface area contributed by atoms with Gasteiger partial charge in [-0.25, -0.2) is 0 Å². The smallest absolute Gasteiger partial charge is 0.324 e. The van der Waals surface area contributed by atoms with Crippen LogP contribution in [0, 0.1) is 0 Å². The summed E-state index contributed by atoms with van der Waals surface area (Å²) in [5.74, 6) is -0.894. The van der Waals surface area contributed by atoms with Crippen molar-refractivity contribution in [3.05, 3.63) is 34.3 Å². The molecule has 1 rings (SSSR count). The van der Waals surface area contributed by atoms with Crippen LogP contribution in [-0.2, 0) is 9.12 Å². The first-order chi connectivity index (χ1) is 5.94. The van der Waals surface area contributed by atoms with E-state index in [9.17, 15) is 4.79 Å². The average molecular weight is 308 g/mol. The minimum absolute atomic E-state index is 0.725. The molecule has 0 saturated carbocycles. The van der Waals surface area contributed by atoms with Crippen molar-refractivity contribution in [2.45, 2.75) is 11.2 Å². The van der Waals surface area contributed by atoms with Crippen LogP contribution < -0.4 is 0 Å². The summed E-state index contributed by atoms with van der Waals surface area (Å²) in [6.07, 6.45) is 0. The van der Waals surface area contributed by atoms with Gasteiger partial charge in [-0.15, -0.1) is 0 Å². The van der Waals surface area contributed by atoms with Gasteiger partial charge in [-0.2, -0.15) is 0 Å². The number of aliphatic carboxylic acids is 1. The summed E-state index contributed by atoms with van der Waals surface area (Å²) >= 11 is 6.45. The van der Waals surface area contributed by atoms with E-state index in [1.165, 1.54) is 0 Å². The van der Waals surface area contributed by atoms with E-state index in [4.69, 9.17) is 5.11 Å². The molecular formula is C9H8Br2O2. The zero-order chi connectivity index (χ0) is 10.1. The maximum atomic E-state index is 10.8. The quantitative estimate of drug-likeness (QED) is 0.852. The van der Waals surface area contributed by atoms with Crippen LogP contribution in [0.3, 0.4) is 0 Å². The van der Waals surface area contributed by atoms with Crippen LogP contribution in [0.2, 0.25) is 0 Å². The molecule has 0 aliphatic carbocycles. The molecule has 0 radical (unpaired) electrons. The second-order valence-corrected chi connectivity index (χ2v) is 5.32. The predicted octanol–water partition coefficient (Wildman–Crippen LogP) is 3.14. The van der Waals surface area contributed by atoms with E-state index >= 15 is 0 Å². The normalized spacial score (nSPS) is 15.0. The van der Waals surface area contributed by atoms with Crippen LogP contribution in [-0.4, -0.2) is 11.1 Å². The van der Waals surface area contributed by atoms with Crippen LogP contribution >= 0.6 is 31.9 Å². The van der Waals surface area contributed by atoms with Gasteiger partial charge in [0.05, 0.1) is 0 Å². The number of halogens is 2. The molecule has 0 heterocycles. The zero-order valence-electron chi connectivity index (χ0n) is 6.92. The van der Waals surface area contributed by atoms with Crippen LogP contribution in [0.15, 0.2) is 28.7 Å². The van der Waals surface area contributed by atoms with Crippen molar-refractivity contribution >= 4 is 37.8 Å². The highest BCUT2D eigenvalue weighted by molar-refractivity contribution is 9.10. The summed E-state index contributed by atoms with van der Waals surface area (Å²) < 4.78 is -0.0711. The minimum Gasteiger partial charge on any atom is -0.480 e. The Morgan fingerprint density at radius 1 is 1.38 bits per heavy atom. The van der Waals surface area contributed by atoms with Gasteiger partial charge in [-0.1, -0.05) is 44.0 Å². The van der Waals surface area contributed by atoms with E-state index in [0.717, 1.165) is 10.0 Å². The number of benzene rings is 1. The SMILES string of the molecule is CC(Br)(C(=O)O)c1ccc(Br)cc1. The van der Waals surface area contributed by atoms with Crippen molar-refractivity contribution in [1.29, 1.82) is 0 Å². The summed E-state index contributed by atoms with van der Waals surface area (Å²) in [4.78, 5) is 10.8. The molecule has 0 amide bonds. The first-order valence-electron chi connectivity index (χ1n) is 3.63. The number of hydrogen-bond acceptors (Lipinski definition) is 1. The number of rotatable bonds is 2. The second kappa shape index (κ2) is 3.80. The Balaban J connectivity index is 3.08. The Kier molecular flexibility index (Phi) is 3.14. The third kappa shape index (κ3) is 2.31. The molecule has 2 nitrogen and oxygen atoms in total. The number of carbonyl (C=O) groups is 1. The van der Waals surface area contributed by atoms with Crippen molar-refractivity contribution in [1.82, 2.24) is 0 Å². The van der Waals surface area contributed by atoms with Gasteiger partial charge < -0.3 is 5.11 Å². The van der Waals surface area contributed by atoms with Crippen LogP contribution in [0.25, 0.3) is 0 Å². The highest BCUT2D eigenvalue weighted by atomic mass is 79.9. The van der Waals surface area contributed by atoms with Gasteiger partial charge in [-0.3, -0.25) is 4.79 Å². The maximum Gasteiger partial charge on any atom is 0.324 e. The maximum absolute atomic E-state index is 10.8. The molecule has 1 N–H and O–H groups in total. The fourth-order valence-corrected chi connectivity index (χ4v) is 1.42. The molecule has 70 valence electrons. The van der Waals surface area contributed by atoms with Gasteiger partial charge in [-0.05, 0) is 24.6 Å². The standard InChI is InChI=1S/C9H8Br2O2/c1-9(11,8(12)13)6-2-4-7(10)5-3-6/h2-5H,1H3,(H,12,13). The molecule has 1 atom stereocenters. The van der Waals surface area contributed by atoms with Crippen molar-refractivity contribution in [3.63, 3.8) is 0 Å². The predicted molar refractivity (Wildman–Crippen MR) is 58.1 cm³/mol. The molecule has 0 aromatic heterocycles. The Labute approximate surface area is 93.2 Å². The second-order valence-electron chi connectivity index (χ2n) is 2.82. The molecule has 0 fully saturated rings. The van der Waals surface area contributed by atoms with Crippen LogP contribution in [0.4, 0.5) is 0 Å². The number of hydrogen-bond donors (Lipinski definition) is 1. The first-order valence-corrected chi connectivity index (χ1v) is 5.21. The van der Waals surface area contributed by atoms with Gasteiger partial charge in [0.2, 0.25) is 0 Å². The molecule has 0 saturated heterocycles. The highest BCUT2D eigenvalue weighted by Crippen LogP contribution is 2.31. The number of carboxylic acids is 1. The molecule has 0 spiro atoms. The summed E-state index contributed by atoms with van der Waals surface area (Å²) in [6.45, 7) is 1.61. The van der Waals surface area contributed by atoms with E-state index < -0.39 is 10.3 Å². The highest BCUT2D eigenvalue weighted by Gasteiger charge is 2.31. The lowest BCUT2D eigenvalue weighted by molar-refractivity contribution is -0.139. The molecule has 13 heavy (non-hydrogen) atoms. The molecular weight excluding hydrogens is 300 g/mol. The summed E-state index contributed by atoms with van der Waals surface area (Å²) in [5, 5.41) is 8.91. The molecule has 1 aromatic carbocycles. The lowest BCUT2D eigenvalue weighted by atomic mass is 10.0. The van der Waals surface area contributed by atoms with E-state index in [0.29, 0.717) is 0 Å². The fraction of sp³-hybridized carbons (Fsp3) is 0.222. The van der Waals surface area contributed by atoms with Crippen molar-refractivity contribution in [3.8, 4) is 0 Å². The Morgan fingerprint density at radius 3 is 2.23 bits per heavy atom. The largest absolute Gasteiger partial charge is 0.480 e. The lowest BCUT2D eigenvalue weighted by Gasteiger charge is -2.17. The Hall–Kier alpha value is -0.350. The lowest BCUT2D eigenvalue weighted by Crippen LogP contribution is -2.24. The van der Waals surface area contributed by atoms with Gasteiger partial charge in [0.15, 0.2) is 0 Å². The third-order valence-electron chi connectivity index (χ3n) is 1.79.